The molecule has 0 bridgehead atoms. The summed E-state index contributed by atoms with van der Waals surface area (Å²) in [6.07, 6.45) is 0. The Labute approximate surface area is 296 Å². The standard InChI is InChI=1S/C47H31N3O/c51-43-39-26-10-12-28-41(39)47(37-23-8-3-9-24-37,42-29-13-11-27-40(42)43)38-25-15-21-35(31-38)34-20-14-22-36(30-34)46-49-44(32-16-4-1-5-17-32)48-45(50-46)33-18-6-2-7-19-33/h1-31H. The number of aromatic nitrogens is 3. The molecule has 4 nitrogen and oxygen atoms in total. The van der Waals surface area contributed by atoms with Crippen molar-refractivity contribution in [3.05, 3.63) is 221 Å². The van der Waals surface area contributed by atoms with Crippen LogP contribution in [0.5, 0.6) is 0 Å². The second kappa shape index (κ2) is 12.6. The van der Waals surface area contributed by atoms with Crippen LogP contribution in [0.15, 0.2) is 188 Å². The van der Waals surface area contributed by atoms with Gasteiger partial charge in [0, 0.05) is 27.8 Å². The van der Waals surface area contributed by atoms with Crippen LogP contribution in [0.25, 0.3) is 45.3 Å². The molecular weight excluding hydrogens is 623 g/mol. The number of fused-ring (bicyclic) bond motifs is 2. The van der Waals surface area contributed by atoms with Gasteiger partial charge in [0.25, 0.3) is 0 Å². The van der Waals surface area contributed by atoms with E-state index in [2.05, 4.69) is 84.9 Å². The van der Waals surface area contributed by atoms with E-state index in [1.165, 1.54) is 0 Å². The smallest absolute Gasteiger partial charge is 0.193 e. The van der Waals surface area contributed by atoms with Gasteiger partial charge in [0.1, 0.15) is 0 Å². The molecule has 7 aromatic carbocycles. The van der Waals surface area contributed by atoms with E-state index in [9.17, 15) is 4.79 Å². The van der Waals surface area contributed by atoms with E-state index in [1.54, 1.807) is 0 Å². The Hall–Kier alpha value is -6.78. The predicted octanol–water partition coefficient (Wildman–Crippen LogP) is 10.5. The molecule has 1 aliphatic rings. The Bertz CT molecular complexity index is 2440. The zero-order chi connectivity index (χ0) is 34.2. The van der Waals surface area contributed by atoms with Gasteiger partial charge in [-0.25, -0.2) is 15.0 Å². The third-order valence-electron chi connectivity index (χ3n) is 9.81. The molecule has 0 atom stereocenters. The number of hydrogen-bond donors (Lipinski definition) is 0. The first-order valence-corrected chi connectivity index (χ1v) is 17.1. The fraction of sp³-hybridized carbons (Fsp3) is 0.0213. The predicted molar refractivity (Wildman–Crippen MR) is 203 cm³/mol. The van der Waals surface area contributed by atoms with Crippen molar-refractivity contribution in [1.29, 1.82) is 0 Å². The maximum atomic E-state index is 13.9. The Morgan fingerprint density at radius 1 is 0.333 bits per heavy atom. The molecule has 0 radical (unpaired) electrons. The van der Waals surface area contributed by atoms with Crippen LogP contribution in [-0.4, -0.2) is 20.7 Å². The van der Waals surface area contributed by atoms with Gasteiger partial charge in [-0.3, -0.25) is 4.79 Å². The highest BCUT2D eigenvalue weighted by Gasteiger charge is 2.46. The topological polar surface area (TPSA) is 55.7 Å². The number of carbonyl (C=O) groups is 1. The summed E-state index contributed by atoms with van der Waals surface area (Å²) in [6, 6.07) is 63.8. The first kappa shape index (κ1) is 30.3. The Kier molecular flexibility index (Phi) is 7.48. The molecule has 240 valence electrons. The van der Waals surface area contributed by atoms with E-state index in [4.69, 9.17) is 15.0 Å². The number of benzene rings is 7. The molecule has 0 saturated heterocycles. The summed E-state index contributed by atoms with van der Waals surface area (Å²) in [7, 11) is 0. The first-order valence-electron chi connectivity index (χ1n) is 17.1. The fourth-order valence-corrected chi connectivity index (χ4v) is 7.49. The zero-order valence-corrected chi connectivity index (χ0v) is 27.6. The molecular formula is C47H31N3O. The number of hydrogen-bond acceptors (Lipinski definition) is 4. The highest BCUT2D eigenvalue weighted by Crippen LogP contribution is 2.51. The summed E-state index contributed by atoms with van der Waals surface area (Å²) < 4.78 is 0. The molecule has 0 saturated carbocycles. The van der Waals surface area contributed by atoms with Crippen molar-refractivity contribution in [3.8, 4) is 45.3 Å². The molecule has 8 aromatic rings. The van der Waals surface area contributed by atoms with Crippen LogP contribution in [0.3, 0.4) is 0 Å². The summed E-state index contributed by atoms with van der Waals surface area (Å²) >= 11 is 0. The molecule has 0 N–H and O–H groups in total. The summed E-state index contributed by atoms with van der Waals surface area (Å²) in [6.45, 7) is 0. The van der Waals surface area contributed by atoms with Gasteiger partial charge < -0.3 is 0 Å². The lowest BCUT2D eigenvalue weighted by Gasteiger charge is -2.41. The number of carbonyl (C=O) groups excluding carboxylic acids is 1. The molecule has 0 amide bonds. The molecule has 0 fully saturated rings. The second-order valence-corrected chi connectivity index (χ2v) is 12.7. The SMILES string of the molecule is O=C1c2ccccc2C(c2ccccc2)(c2cccc(-c3cccc(-c4nc(-c5ccccc5)nc(-c5ccccc5)n4)c3)c2)c2ccccc21. The number of rotatable bonds is 6. The summed E-state index contributed by atoms with van der Waals surface area (Å²) in [5.41, 5.74) is 9.75. The summed E-state index contributed by atoms with van der Waals surface area (Å²) in [4.78, 5) is 28.8. The first-order chi connectivity index (χ1) is 25.2. The minimum Gasteiger partial charge on any atom is -0.289 e. The van der Waals surface area contributed by atoms with Gasteiger partial charge in [-0.15, -0.1) is 0 Å². The van der Waals surface area contributed by atoms with Gasteiger partial charge in [-0.1, -0.05) is 176 Å². The van der Waals surface area contributed by atoms with Crippen LogP contribution in [0.1, 0.15) is 38.2 Å². The van der Waals surface area contributed by atoms with E-state index >= 15 is 0 Å². The van der Waals surface area contributed by atoms with Gasteiger partial charge in [0.15, 0.2) is 23.3 Å². The lowest BCUT2D eigenvalue weighted by Crippen LogP contribution is -2.38. The van der Waals surface area contributed by atoms with E-state index in [1.807, 2.05) is 103 Å². The normalized spacial score (nSPS) is 12.9. The van der Waals surface area contributed by atoms with Gasteiger partial charge >= 0.3 is 0 Å². The summed E-state index contributed by atoms with van der Waals surface area (Å²) in [5.74, 6) is 1.91. The van der Waals surface area contributed by atoms with Crippen molar-refractivity contribution < 1.29 is 4.79 Å². The van der Waals surface area contributed by atoms with Gasteiger partial charge in [0.2, 0.25) is 0 Å². The van der Waals surface area contributed by atoms with Crippen LogP contribution in [0.2, 0.25) is 0 Å². The quantitative estimate of drug-likeness (QED) is 0.179. The Balaban J connectivity index is 1.22. The van der Waals surface area contributed by atoms with E-state index < -0.39 is 5.41 Å². The molecule has 0 spiro atoms. The van der Waals surface area contributed by atoms with Crippen molar-refractivity contribution in [1.82, 2.24) is 15.0 Å². The van der Waals surface area contributed by atoms with Crippen molar-refractivity contribution in [3.63, 3.8) is 0 Å². The van der Waals surface area contributed by atoms with Crippen LogP contribution in [0.4, 0.5) is 0 Å². The number of nitrogens with zero attached hydrogens (tertiary/aromatic N) is 3. The van der Waals surface area contributed by atoms with Crippen molar-refractivity contribution in [2.75, 3.05) is 0 Å². The Morgan fingerprint density at radius 2 is 0.725 bits per heavy atom. The highest BCUT2D eigenvalue weighted by molar-refractivity contribution is 6.14. The van der Waals surface area contributed by atoms with Crippen LogP contribution < -0.4 is 0 Å². The minimum atomic E-state index is -0.709. The fourth-order valence-electron chi connectivity index (χ4n) is 7.49. The minimum absolute atomic E-state index is 0.0544. The Morgan fingerprint density at radius 3 is 1.29 bits per heavy atom. The third-order valence-corrected chi connectivity index (χ3v) is 9.81. The molecule has 0 unspecified atom stereocenters. The molecule has 4 heteroatoms. The average Bonchev–Trinajstić information content (AvgIpc) is 3.22. The maximum absolute atomic E-state index is 13.9. The lowest BCUT2D eigenvalue weighted by molar-refractivity contribution is 0.103. The zero-order valence-electron chi connectivity index (χ0n) is 27.6. The molecule has 1 aromatic heterocycles. The molecule has 1 aliphatic carbocycles. The van der Waals surface area contributed by atoms with E-state index in [0.717, 1.165) is 61.2 Å². The van der Waals surface area contributed by atoms with Crippen LogP contribution >= 0.6 is 0 Å². The number of ketones is 1. The van der Waals surface area contributed by atoms with E-state index in [-0.39, 0.29) is 5.78 Å². The van der Waals surface area contributed by atoms with Gasteiger partial charge in [-0.2, -0.15) is 0 Å². The third kappa shape index (κ3) is 5.17. The largest absolute Gasteiger partial charge is 0.289 e. The highest BCUT2D eigenvalue weighted by atomic mass is 16.1. The maximum Gasteiger partial charge on any atom is 0.193 e. The van der Waals surface area contributed by atoms with Crippen LogP contribution in [-0.2, 0) is 5.41 Å². The monoisotopic (exact) mass is 653 g/mol. The van der Waals surface area contributed by atoms with Gasteiger partial charge in [0.05, 0.1) is 5.41 Å². The van der Waals surface area contributed by atoms with Crippen molar-refractivity contribution in [2.24, 2.45) is 0 Å². The molecule has 51 heavy (non-hydrogen) atoms. The molecule has 0 aliphatic heterocycles. The van der Waals surface area contributed by atoms with Crippen molar-refractivity contribution in [2.45, 2.75) is 5.41 Å². The molecule has 9 rings (SSSR count). The average molecular weight is 654 g/mol. The molecule has 1 heterocycles. The summed E-state index contributed by atoms with van der Waals surface area (Å²) in [5, 5.41) is 0. The lowest BCUT2D eigenvalue weighted by atomic mass is 9.59. The van der Waals surface area contributed by atoms with E-state index in [0.29, 0.717) is 17.5 Å². The van der Waals surface area contributed by atoms with Crippen molar-refractivity contribution >= 4 is 5.78 Å². The van der Waals surface area contributed by atoms with Crippen LogP contribution in [0, 0.1) is 0 Å². The second-order valence-electron chi connectivity index (χ2n) is 12.7. The van der Waals surface area contributed by atoms with Gasteiger partial charge in [-0.05, 0) is 45.5 Å².